The second kappa shape index (κ2) is 11.9. The smallest absolute Gasteiger partial charge is 0.261 e. The van der Waals surface area contributed by atoms with Crippen LogP contribution < -0.4 is 14.8 Å². The molecule has 0 aliphatic heterocycles. The Kier molecular flexibility index (Phi) is 8.72. The Balaban J connectivity index is 1.87. The van der Waals surface area contributed by atoms with Gasteiger partial charge in [-0.25, -0.2) is 0 Å². The quantitative estimate of drug-likeness (QED) is 0.488. The molecule has 1 atom stereocenters. The van der Waals surface area contributed by atoms with Crippen molar-refractivity contribution in [3.63, 3.8) is 0 Å². The molecular formula is C26H27ClN2O4. The molecule has 3 aromatic carbocycles. The van der Waals surface area contributed by atoms with Crippen molar-refractivity contribution in [1.29, 1.82) is 0 Å². The van der Waals surface area contributed by atoms with Crippen molar-refractivity contribution in [2.45, 2.75) is 19.0 Å². The maximum Gasteiger partial charge on any atom is 0.261 e. The number of likely N-dealkylation sites (N-methyl/N-ethyl adjacent to an activating group) is 1. The van der Waals surface area contributed by atoms with E-state index < -0.39 is 6.04 Å². The Morgan fingerprint density at radius 1 is 0.939 bits per heavy atom. The van der Waals surface area contributed by atoms with E-state index in [1.807, 2.05) is 54.6 Å². The summed E-state index contributed by atoms with van der Waals surface area (Å²) in [5.74, 6) is 0.552. The number of carbonyl (C=O) groups is 2. The highest BCUT2D eigenvalue weighted by Crippen LogP contribution is 2.24. The topological polar surface area (TPSA) is 67.9 Å². The summed E-state index contributed by atoms with van der Waals surface area (Å²) in [7, 11) is 3.16. The molecule has 0 saturated carbocycles. The van der Waals surface area contributed by atoms with Crippen LogP contribution in [0.1, 0.15) is 11.1 Å². The number of carbonyl (C=O) groups excluding carboxylic acids is 2. The number of amides is 2. The molecule has 1 N–H and O–H groups in total. The van der Waals surface area contributed by atoms with Crippen LogP contribution in [0.4, 0.5) is 0 Å². The molecule has 0 saturated heterocycles. The SMILES string of the molecule is CNC(=O)[C@H](Cc1ccccc1)N(Cc1ccc(OC)cc1)C(=O)COc1ccccc1Cl. The summed E-state index contributed by atoms with van der Waals surface area (Å²) in [4.78, 5) is 27.8. The molecule has 0 aliphatic carbocycles. The van der Waals surface area contributed by atoms with Crippen LogP contribution in [0, 0.1) is 0 Å². The standard InChI is InChI=1S/C26H27ClN2O4/c1-28-26(31)23(16-19-8-4-3-5-9-19)29(17-20-12-14-21(32-2)15-13-20)25(30)18-33-24-11-7-6-10-22(24)27/h3-15,23H,16-18H2,1-2H3,(H,28,31)/t23-/m0/s1. The van der Waals surface area contributed by atoms with Crippen LogP contribution in [0.25, 0.3) is 0 Å². The first-order valence-electron chi connectivity index (χ1n) is 10.6. The zero-order chi connectivity index (χ0) is 23.6. The fraction of sp³-hybridized carbons (Fsp3) is 0.231. The van der Waals surface area contributed by atoms with Crippen LogP contribution in [-0.2, 0) is 22.6 Å². The molecule has 0 unspecified atom stereocenters. The van der Waals surface area contributed by atoms with Gasteiger partial charge in [-0.3, -0.25) is 9.59 Å². The van der Waals surface area contributed by atoms with E-state index in [4.69, 9.17) is 21.1 Å². The van der Waals surface area contributed by atoms with Gasteiger partial charge in [0.25, 0.3) is 5.91 Å². The zero-order valence-electron chi connectivity index (χ0n) is 18.7. The molecule has 172 valence electrons. The predicted octanol–water partition coefficient (Wildman–Crippen LogP) is 4.11. The van der Waals surface area contributed by atoms with Gasteiger partial charge in [-0.1, -0.05) is 66.2 Å². The fourth-order valence-electron chi connectivity index (χ4n) is 3.43. The van der Waals surface area contributed by atoms with Gasteiger partial charge in [-0.15, -0.1) is 0 Å². The molecule has 0 spiro atoms. The lowest BCUT2D eigenvalue weighted by molar-refractivity contribution is -0.142. The second-order valence-corrected chi connectivity index (χ2v) is 7.82. The van der Waals surface area contributed by atoms with Crippen LogP contribution in [0.15, 0.2) is 78.9 Å². The maximum absolute atomic E-state index is 13.4. The minimum atomic E-state index is -0.721. The summed E-state index contributed by atoms with van der Waals surface area (Å²) in [6, 6.07) is 23.2. The molecule has 0 bridgehead atoms. The first kappa shape index (κ1) is 24.1. The molecular weight excluding hydrogens is 440 g/mol. The highest BCUT2D eigenvalue weighted by atomic mass is 35.5. The number of methoxy groups -OCH3 is 1. The third kappa shape index (κ3) is 6.73. The van der Waals surface area contributed by atoms with Gasteiger partial charge >= 0.3 is 0 Å². The second-order valence-electron chi connectivity index (χ2n) is 7.41. The van der Waals surface area contributed by atoms with Crippen molar-refractivity contribution < 1.29 is 19.1 Å². The Bertz CT molecular complexity index is 1060. The highest BCUT2D eigenvalue weighted by molar-refractivity contribution is 6.32. The molecule has 0 aromatic heterocycles. The molecule has 0 aliphatic rings. The van der Waals surface area contributed by atoms with Crippen molar-refractivity contribution in [2.75, 3.05) is 20.8 Å². The van der Waals surface area contributed by atoms with Crippen LogP contribution in [0.5, 0.6) is 11.5 Å². The number of ether oxygens (including phenoxy) is 2. The monoisotopic (exact) mass is 466 g/mol. The summed E-state index contributed by atoms with van der Waals surface area (Å²) in [5.41, 5.74) is 1.81. The van der Waals surface area contributed by atoms with Gasteiger partial charge < -0.3 is 19.7 Å². The van der Waals surface area contributed by atoms with Gasteiger partial charge in [0, 0.05) is 20.0 Å². The van der Waals surface area contributed by atoms with E-state index in [0.29, 0.717) is 22.9 Å². The van der Waals surface area contributed by atoms with E-state index in [1.54, 1.807) is 43.3 Å². The van der Waals surface area contributed by atoms with Gasteiger partial charge in [-0.05, 0) is 35.4 Å². The number of halogens is 1. The van der Waals surface area contributed by atoms with Crippen molar-refractivity contribution in [3.05, 3.63) is 95.0 Å². The summed E-state index contributed by atoms with van der Waals surface area (Å²) < 4.78 is 10.9. The summed E-state index contributed by atoms with van der Waals surface area (Å²) >= 11 is 6.16. The molecule has 33 heavy (non-hydrogen) atoms. The maximum atomic E-state index is 13.4. The zero-order valence-corrected chi connectivity index (χ0v) is 19.4. The van der Waals surface area contributed by atoms with Crippen LogP contribution in [-0.4, -0.2) is 43.5 Å². The summed E-state index contributed by atoms with van der Waals surface area (Å²) in [5, 5.41) is 3.11. The number of nitrogens with one attached hydrogen (secondary N) is 1. The van der Waals surface area contributed by atoms with E-state index in [-0.39, 0.29) is 25.0 Å². The van der Waals surface area contributed by atoms with E-state index in [2.05, 4.69) is 5.32 Å². The lowest BCUT2D eigenvalue weighted by Crippen LogP contribution is -2.51. The van der Waals surface area contributed by atoms with Gasteiger partial charge in [0.15, 0.2) is 6.61 Å². The molecule has 0 radical (unpaired) electrons. The molecule has 0 heterocycles. The predicted molar refractivity (Wildman–Crippen MR) is 128 cm³/mol. The third-order valence-corrected chi connectivity index (χ3v) is 5.53. The van der Waals surface area contributed by atoms with Crippen LogP contribution in [0.3, 0.4) is 0 Å². The minimum Gasteiger partial charge on any atom is -0.497 e. The van der Waals surface area contributed by atoms with Gasteiger partial charge in [0.05, 0.1) is 12.1 Å². The van der Waals surface area contributed by atoms with E-state index in [0.717, 1.165) is 11.1 Å². The average molecular weight is 467 g/mol. The number of para-hydroxylation sites is 1. The Morgan fingerprint density at radius 2 is 1.61 bits per heavy atom. The largest absolute Gasteiger partial charge is 0.497 e. The van der Waals surface area contributed by atoms with Gasteiger partial charge in [0.2, 0.25) is 5.91 Å². The van der Waals surface area contributed by atoms with Crippen molar-refractivity contribution in [1.82, 2.24) is 10.2 Å². The average Bonchev–Trinajstić information content (AvgIpc) is 2.86. The summed E-state index contributed by atoms with van der Waals surface area (Å²) in [6.45, 7) is -0.0121. The van der Waals surface area contributed by atoms with E-state index >= 15 is 0 Å². The molecule has 2 amide bonds. The van der Waals surface area contributed by atoms with Crippen molar-refractivity contribution in [2.24, 2.45) is 0 Å². The third-order valence-electron chi connectivity index (χ3n) is 5.22. The molecule has 6 nitrogen and oxygen atoms in total. The van der Waals surface area contributed by atoms with E-state index in [9.17, 15) is 9.59 Å². The lowest BCUT2D eigenvalue weighted by atomic mass is 10.0. The molecule has 3 aromatic rings. The number of nitrogens with zero attached hydrogens (tertiary/aromatic N) is 1. The Morgan fingerprint density at radius 3 is 2.24 bits per heavy atom. The molecule has 7 heteroatoms. The fourth-order valence-corrected chi connectivity index (χ4v) is 3.62. The Labute approximate surface area is 199 Å². The van der Waals surface area contributed by atoms with Crippen LogP contribution >= 0.6 is 11.6 Å². The molecule has 0 fully saturated rings. The normalized spacial score (nSPS) is 11.4. The lowest BCUT2D eigenvalue weighted by Gasteiger charge is -2.31. The highest BCUT2D eigenvalue weighted by Gasteiger charge is 2.30. The Hall–Kier alpha value is -3.51. The summed E-state index contributed by atoms with van der Waals surface area (Å²) in [6.07, 6.45) is 0.370. The number of rotatable bonds is 10. The van der Waals surface area contributed by atoms with Gasteiger partial charge in [-0.2, -0.15) is 0 Å². The first-order valence-corrected chi connectivity index (χ1v) is 10.9. The van der Waals surface area contributed by atoms with Crippen molar-refractivity contribution >= 4 is 23.4 Å². The van der Waals surface area contributed by atoms with Crippen LogP contribution in [0.2, 0.25) is 5.02 Å². The number of hydrogen-bond acceptors (Lipinski definition) is 4. The first-order chi connectivity index (χ1) is 16.0. The van der Waals surface area contributed by atoms with Crippen molar-refractivity contribution in [3.8, 4) is 11.5 Å². The van der Waals surface area contributed by atoms with Gasteiger partial charge in [0.1, 0.15) is 17.5 Å². The molecule has 3 rings (SSSR count). The van der Waals surface area contributed by atoms with E-state index in [1.165, 1.54) is 0 Å². The number of benzene rings is 3. The number of hydrogen-bond donors (Lipinski definition) is 1. The minimum absolute atomic E-state index is 0.236.